The number of benzene rings is 1. The maximum absolute atomic E-state index is 10.7. The lowest BCUT2D eigenvalue weighted by Crippen LogP contribution is -1.91. The number of carbonyl (C=O) groups excluding carboxylic acids is 1. The van der Waals surface area contributed by atoms with Gasteiger partial charge in [-0.1, -0.05) is 36.4 Å². The Morgan fingerprint density at radius 3 is 2.38 bits per heavy atom. The van der Waals surface area contributed by atoms with Crippen LogP contribution in [0, 0.1) is 0 Å². The van der Waals surface area contributed by atoms with Crippen LogP contribution in [0.1, 0.15) is 11.3 Å². The van der Waals surface area contributed by atoms with E-state index in [0.717, 1.165) is 23.1 Å². The first kappa shape index (κ1) is 10.3. The van der Waals surface area contributed by atoms with Crippen LogP contribution in [0.2, 0.25) is 0 Å². The predicted octanol–water partition coefficient (Wildman–Crippen LogP) is 2.71. The zero-order valence-corrected chi connectivity index (χ0v) is 8.71. The fourth-order valence-electron chi connectivity index (χ4n) is 1.54. The molecule has 0 radical (unpaired) electrons. The molecule has 78 valence electrons. The first-order valence-electron chi connectivity index (χ1n) is 5.04. The second-order valence-corrected chi connectivity index (χ2v) is 3.30. The van der Waals surface area contributed by atoms with E-state index in [1.807, 2.05) is 48.5 Å². The summed E-state index contributed by atoms with van der Waals surface area (Å²) in [6.07, 6.45) is 4.05. The van der Waals surface area contributed by atoms with Gasteiger partial charge < -0.3 is 0 Å². The zero-order valence-electron chi connectivity index (χ0n) is 8.71. The molecule has 1 aromatic heterocycles. The van der Waals surface area contributed by atoms with Crippen LogP contribution < -0.4 is 0 Å². The predicted molar refractivity (Wildman–Crippen MR) is 63.8 cm³/mol. The quantitative estimate of drug-likeness (QED) is 0.574. The van der Waals surface area contributed by atoms with Crippen molar-refractivity contribution in [1.29, 1.82) is 0 Å². The Bertz CT molecular complexity index is 447. The Labute approximate surface area is 94.3 Å². The highest BCUT2D eigenvalue weighted by Crippen LogP contribution is 2.20. The molecule has 2 heteroatoms. The Morgan fingerprint density at radius 1 is 1.00 bits per heavy atom. The maximum Gasteiger partial charge on any atom is 0.143 e. The number of hydrogen-bond acceptors (Lipinski definition) is 2. The van der Waals surface area contributed by atoms with Gasteiger partial charge >= 0.3 is 0 Å². The number of aromatic nitrogens is 1. The number of aldehydes is 1. The molecule has 2 aromatic rings. The third kappa shape index (κ3) is 2.23. The molecule has 0 aliphatic carbocycles. The van der Waals surface area contributed by atoms with Gasteiger partial charge in [-0.3, -0.25) is 9.78 Å². The molecule has 0 saturated heterocycles. The average Bonchev–Trinajstić information content (AvgIpc) is 2.38. The first-order chi connectivity index (χ1) is 7.92. The van der Waals surface area contributed by atoms with E-state index >= 15 is 0 Å². The van der Waals surface area contributed by atoms with Gasteiger partial charge in [0.25, 0.3) is 0 Å². The molecule has 16 heavy (non-hydrogen) atoms. The summed E-state index contributed by atoms with van der Waals surface area (Å²) in [5.74, 6) is 0. The smallest absolute Gasteiger partial charge is 0.143 e. The van der Waals surface area contributed by atoms with Crippen LogP contribution in [0.25, 0.3) is 5.57 Å². The highest BCUT2D eigenvalue weighted by atomic mass is 16.1. The highest BCUT2D eigenvalue weighted by molar-refractivity contribution is 5.88. The molecule has 0 aliphatic rings. The van der Waals surface area contributed by atoms with Crippen molar-refractivity contribution < 1.29 is 4.79 Å². The molecule has 1 aromatic carbocycles. The number of rotatable bonds is 3. The van der Waals surface area contributed by atoms with Crippen molar-refractivity contribution in [3.63, 3.8) is 0 Å². The molecule has 0 saturated carbocycles. The van der Waals surface area contributed by atoms with Gasteiger partial charge in [0.15, 0.2) is 0 Å². The molecular weight excluding hydrogens is 198 g/mol. The topological polar surface area (TPSA) is 30.0 Å². The summed E-state index contributed by atoms with van der Waals surface area (Å²) in [6.45, 7) is 0. The Morgan fingerprint density at radius 2 is 1.75 bits per heavy atom. The van der Waals surface area contributed by atoms with Crippen molar-refractivity contribution in [2.24, 2.45) is 0 Å². The van der Waals surface area contributed by atoms with E-state index in [1.165, 1.54) is 6.08 Å². The van der Waals surface area contributed by atoms with E-state index in [2.05, 4.69) is 4.98 Å². The second kappa shape index (κ2) is 5.03. The summed E-state index contributed by atoms with van der Waals surface area (Å²) in [4.78, 5) is 14.9. The van der Waals surface area contributed by atoms with Crippen LogP contribution in [-0.2, 0) is 4.79 Å². The van der Waals surface area contributed by atoms with E-state index in [1.54, 1.807) is 6.20 Å². The second-order valence-electron chi connectivity index (χ2n) is 3.30. The molecule has 0 fully saturated rings. The summed E-state index contributed by atoms with van der Waals surface area (Å²) in [6, 6.07) is 15.4. The molecule has 0 bridgehead atoms. The SMILES string of the molecule is O=CC=C(c1ccccc1)c1ccccn1. The van der Waals surface area contributed by atoms with E-state index in [9.17, 15) is 4.79 Å². The summed E-state index contributed by atoms with van der Waals surface area (Å²) in [5, 5.41) is 0. The molecular formula is C14H11NO. The van der Waals surface area contributed by atoms with Gasteiger partial charge in [-0.15, -0.1) is 0 Å². The van der Waals surface area contributed by atoms with Crippen molar-refractivity contribution in [3.05, 3.63) is 72.1 Å². The van der Waals surface area contributed by atoms with Gasteiger partial charge in [-0.2, -0.15) is 0 Å². The fraction of sp³-hybridized carbons (Fsp3) is 0. The van der Waals surface area contributed by atoms with Gasteiger partial charge in [0.05, 0.1) is 5.69 Å². The molecule has 0 N–H and O–H groups in total. The van der Waals surface area contributed by atoms with Gasteiger partial charge in [-0.25, -0.2) is 0 Å². The third-order valence-corrected chi connectivity index (χ3v) is 2.26. The minimum absolute atomic E-state index is 0.789. The number of hydrogen-bond donors (Lipinski definition) is 0. The minimum atomic E-state index is 0.789. The molecule has 0 unspecified atom stereocenters. The summed E-state index contributed by atoms with van der Waals surface area (Å²) in [7, 11) is 0. The lowest BCUT2D eigenvalue weighted by Gasteiger charge is -2.05. The summed E-state index contributed by atoms with van der Waals surface area (Å²) >= 11 is 0. The molecule has 0 spiro atoms. The number of pyridine rings is 1. The van der Waals surface area contributed by atoms with E-state index < -0.39 is 0 Å². The van der Waals surface area contributed by atoms with Crippen LogP contribution in [0.15, 0.2) is 60.8 Å². The Kier molecular flexibility index (Phi) is 3.24. The lowest BCUT2D eigenvalue weighted by molar-refractivity contribution is -0.104. The number of allylic oxidation sites excluding steroid dienone is 1. The van der Waals surface area contributed by atoms with E-state index in [-0.39, 0.29) is 0 Å². The van der Waals surface area contributed by atoms with Crippen LogP contribution in [0.4, 0.5) is 0 Å². The van der Waals surface area contributed by atoms with Crippen LogP contribution >= 0.6 is 0 Å². The molecule has 1 heterocycles. The molecule has 0 atom stereocenters. The maximum atomic E-state index is 10.7. The first-order valence-corrected chi connectivity index (χ1v) is 5.04. The van der Waals surface area contributed by atoms with E-state index in [0.29, 0.717) is 0 Å². The summed E-state index contributed by atoms with van der Waals surface area (Å²) < 4.78 is 0. The van der Waals surface area contributed by atoms with Gasteiger partial charge in [0.1, 0.15) is 6.29 Å². The van der Waals surface area contributed by atoms with Crippen molar-refractivity contribution in [2.45, 2.75) is 0 Å². The largest absolute Gasteiger partial charge is 0.299 e. The normalized spacial score (nSPS) is 11.1. The number of nitrogens with zero attached hydrogens (tertiary/aromatic N) is 1. The molecule has 2 nitrogen and oxygen atoms in total. The molecule has 2 rings (SSSR count). The van der Waals surface area contributed by atoms with Crippen LogP contribution in [0.3, 0.4) is 0 Å². The monoisotopic (exact) mass is 209 g/mol. The molecule has 0 amide bonds. The standard InChI is InChI=1S/C14H11NO/c16-11-9-13(12-6-2-1-3-7-12)14-8-4-5-10-15-14/h1-11H. The zero-order chi connectivity index (χ0) is 11.2. The van der Waals surface area contributed by atoms with Crippen molar-refractivity contribution in [2.75, 3.05) is 0 Å². The third-order valence-electron chi connectivity index (χ3n) is 2.26. The Balaban J connectivity index is 2.48. The fourth-order valence-corrected chi connectivity index (χ4v) is 1.54. The highest BCUT2D eigenvalue weighted by Gasteiger charge is 2.04. The van der Waals surface area contributed by atoms with E-state index in [4.69, 9.17) is 0 Å². The van der Waals surface area contributed by atoms with Crippen molar-refractivity contribution in [3.8, 4) is 0 Å². The van der Waals surface area contributed by atoms with Gasteiger partial charge in [0.2, 0.25) is 0 Å². The van der Waals surface area contributed by atoms with Gasteiger partial charge in [0, 0.05) is 11.8 Å². The van der Waals surface area contributed by atoms with Gasteiger partial charge in [-0.05, 0) is 23.8 Å². The molecule has 0 aliphatic heterocycles. The minimum Gasteiger partial charge on any atom is -0.299 e. The summed E-state index contributed by atoms with van der Waals surface area (Å²) in [5.41, 5.74) is 2.64. The van der Waals surface area contributed by atoms with Crippen molar-refractivity contribution >= 4 is 11.9 Å². The lowest BCUT2D eigenvalue weighted by atomic mass is 10.0. The number of carbonyl (C=O) groups is 1. The average molecular weight is 209 g/mol. The van der Waals surface area contributed by atoms with Crippen LogP contribution in [0.5, 0.6) is 0 Å². The van der Waals surface area contributed by atoms with Crippen LogP contribution in [-0.4, -0.2) is 11.3 Å². The Hall–Kier alpha value is -2.22. The van der Waals surface area contributed by atoms with Crippen molar-refractivity contribution in [1.82, 2.24) is 4.98 Å².